The standard InChI is InChI=1S/C60H42N2Si/c1-6-22-43(23-7-1)49-32-16-18-36-54(49)62-55-37-19-17-33-51(55)52-41-40-45(42-57(52)62)61-56-38-20-34-50(44-24-8-2-9-25-44)59(56)53-35-21-39-58(60(53)61)63(46-26-10-3-11-27-46,47-28-12-4-13-29-47)48-30-14-5-15-31-48/h1-42H. The van der Waals surface area contributed by atoms with E-state index in [4.69, 9.17) is 0 Å². The highest BCUT2D eigenvalue weighted by molar-refractivity contribution is 7.20. The molecule has 2 nitrogen and oxygen atoms in total. The molecule has 2 heterocycles. The van der Waals surface area contributed by atoms with Crippen molar-refractivity contribution in [3.05, 3.63) is 255 Å². The number of aromatic nitrogens is 2. The number of benzene rings is 10. The van der Waals surface area contributed by atoms with E-state index < -0.39 is 8.07 Å². The largest absolute Gasteiger partial charge is 0.309 e. The maximum atomic E-state index is 2.59. The molecular formula is C60H42N2Si. The molecule has 63 heavy (non-hydrogen) atoms. The monoisotopic (exact) mass is 818 g/mol. The van der Waals surface area contributed by atoms with Gasteiger partial charge in [0.1, 0.15) is 0 Å². The first kappa shape index (κ1) is 36.8. The van der Waals surface area contributed by atoms with Crippen LogP contribution < -0.4 is 20.7 Å². The van der Waals surface area contributed by atoms with Crippen molar-refractivity contribution in [3.8, 4) is 33.6 Å². The van der Waals surface area contributed by atoms with Gasteiger partial charge in [0.15, 0.2) is 8.07 Å². The molecule has 3 heteroatoms. The molecular weight excluding hydrogens is 777 g/mol. The van der Waals surface area contributed by atoms with Gasteiger partial charge in [0.25, 0.3) is 0 Å². The summed E-state index contributed by atoms with van der Waals surface area (Å²) >= 11 is 0. The third kappa shape index (κ3) is 5.78. The summed E-state index contributed by atoms with van der Waals surface area (Å²) in [6.07, 6.45) is 0. The van der Waals surface area contributed by atoms with Gasteiger partial charge in [-0.2, -0.15) is 0 Å². The highest BCUT2D eigenvalue weighted by atomic mass is 28.3. The van der Waals surface area contributed by atoms with Gasteiger partial charge >= 0.3 is 0 Å². The topological polar surface area (TPSA) is 9.86 Å². The molecule has 12 rings (SSSR count). The van der Waals surface area contributed by atoms with Crippen LogP contribution in [0.3, 0.4) is 0 Å². The van der Waals surface area contributed by atoms with E-state index in [1.807, 2.05) is 0 Å². The Balaban J connectivity index is 1.25. The molecule has 0 aliphatic heterocycles. The minimum Gasteiger partial charge on any atom is -0.309 e. The van der Waals surface area contributed by atoms with Gasteiger partial charge < -0.3 is 9.13 Å². The zero-order chi connectivity index (χ0) is 41.7. The summed E-state index contributed by atoms with van der Waals surface area (Å²) in [5.41, 5.74) is 11.9. The zero-order valence-electron chi connectivity index (χ0n) is 34.6. The van der Waals surface area contributed by atoms with Gasteiger partial charge in [0.2, 0.25) is 0 Å². The van der Waals surface area contributed by atoms with Gasteiger partial charge in [0, 0.05) is 32.8 Å². The van der Waals surface area contributed by atoms with E-state index in [1.54, 1.807) is 0 Å². The molecule has 0 atom stereocenters. The zero-order valence-corrected chi connectivity index (χ0v) is 35.6. The number of rotatable bonds is 8. The third-order valence-corrected chi connectivity index (χ3v) is 17.9. The lowest BCUT2D eigenvalue weighted by atomic mass is 9.99. The van der Waals surface area contributed by atoms with Crippen molar-refractivity contribution in [2.75, 3.05) is 0 Å². The molecule has 0 saturated carbocycles. The van der Waals surface area contributed by atoms with Crippen molar-refractivity contribution in [3.63, 3.8) is 0 Å². The van der Waals surface area contributed by atoms with Gasteiger partial charge in [-0.25, -0.2) is 0 Å². The van der Waals surface area contributed by atoms with E-state index in [0.717, 1.165) is 11.4 Å². The molecule has 10 aromatic carbocycles. The fraction of sp³-hybridized carbons (Fsp3) is 0. The number of hydrogen-bond acceptors (Lipinski definition) is 0. The molecule has 0 fully saturated rings. The van der Waals surface area contributed by atoms with Crippen LogP contribution in [0, 0.1) is 0 Å². The van der Waals surface area contributed by atoms with E-state index in [9.17, 15) is 0 Å². The Hall–Kier alpha value is -7.98. The predicted octanol–water partition coefficient (Wildman–Crippen LogP) is 12.6. The second-order valence-electron chi connectivity index (χ2n) is 16.4. The van der Waals surface area contributed by atoms with E-state index in [-0.39, 0.29) is 0 Å². The fourth-order valence-electron chi connectivity index (χ4n) is 10.5. The van der Waals surface area contributed by atoms with Crippen molar-refractivity contribution in [1.82, 2.24) is 9.13 Å². The average molecular weight is 819 g/mol. The second-order valence-corrected chi connectivity index (χ2v) is 20.2. The summed E-state index contributed by atoms with van der Waals surface area (Å²) < 4.78 is 5.07. The molecule has 0 radical (unpaired) electrons. The van der Waals surface area contributed by atoms with Crippen LogP contribution in [-0.2, 0) is 0 Å². The van der Waals surface area contributed by atoms with Crippen LogP contribution in [-0.4, -0.2) is 17.2 Å². The van der Waals surface area contributed by atoms with Gasteiger partial charge in [-0.3, -0.25) is 0 Å². The number of para-hydroxylation sites is 3. The molecule has 0 amide bonds. The molecule has 0 bridgehead atoms. The normalized spacial score (nSPS) is 11.8. The number of hydrogen-bond donors (Lipinski definition) is 0. The minimum absolute atomic E-state index is 1.12. The SMILES string of the molecule is c1ccc(-c2ccccc2-n2c3ccccc3c3ccc(-n4c5cccc(-c6ccccc6)c5c5cccc([Si](c6ccccc6)(c6ccccc6)c6ccccc6)c54)cc32)cc1. The van der Waals surface area contributed by atoms with Crippen LogP contribution in [0.2, 0.25) is 0 Å². The maximum absolute atomic E-state index is 3.00. The molecule has 0 N–H and O–H groups in total. The van der Waals surface area contributed by atoms with Crippen molar-refractivity contribution in [2.45, 2.75) is 0 Å². The van der Waals surface area contributed by atoms with Gasteiger partial charge in [-0.05, 0) is 67.8 Å². The second kappa shape index (κ2) is 15.2. The van der Waals surface area contributed by atoms with Crippen molar-refractivity contribution in [2.24, 2.45) is 0 Å². The Morgan fingerprint density at radius 1 is 0.302 bits per heavy atom. The average Bonchev–Trinajstić information content (AvgIpc) is 3.89. The quantitative estimate of drug-likeness (QED) is 0.107. The van der Waals surface area contributed by atoms with E-state index in [2.05, 4.69) is 264 Å². The predicted molar refractivity (Wildman–Crippen MR) is 270 cm³/mol. The fourth-order valence-corrected chi connectivity index (χ4v) is 15.4. The van der Waals surface area contributed by atoms with Crippen LogP contribution >= 0.6 is 0 Å². The third-order valence-electron chi connectivity index (χ3n) is 13.1. The number of fused-ring (bicyclic) bond motifs is 6. The summed E-state index contributed by atoms with van der Waals surface area (Å²) in [7, 11) is -3.00. The molecule has 0 aliphatic rings. The van der Waals surface area contributed by atoms with Crippen molar-refractivity contribution < 1.29 is 0 Å². The Bertz CT molecular complexity index is 3500. The smallest absolute Gasteiger partial charge is 0.181 e. The first-order chi connectivity index (χ1) is 31.3. The summed E-state index contributed by atoms with van der Waals surface area (Å²) in [5.74, 6) is 0. The van der Waals surface area contributed by atoms with Gasteiger partial charge in [-0.15, -0.1) is 0 Å². The van der Waals surface area contributed by atoms with E-state index in [0.29, 0.717) is 0 Å². The summed E-state index contributed by atoms with van der Waals surface area (Å²) in [6, 6.07) is 94.4. The lowest BCUT2D eigenvalue weighted by Crippen LogP contribution is -2.75. The first-order valence-corrected chi connectivity index (χ1v) is 23.8. The van der Waals surface area contributed by atoms with Gasteiger partial charge in [0.05, 0.1) is 27.8 Å². The lowest BCUT2D eigenvalue weighted by Gasteiger charge is -2.35. The molecule has 296 valence electrons. The Morgan fingerprint density at radius 2 is 0.778 bits per heavy atom. The number of nitrogens with zero attached hydrogens (tertiary/aromatic N) is 2. The minimum atomic E-state index is -3.00. The highest BCUT2D eigenvalue weighted by Gasteiger charge is 2.43. The van der Waals surface area contributed by atoms with Crippen LogP contribution in [0.25, 0.3) is 77.2 Å². The Kier molecular flexibility index (Phi) is 8.87. The molecule has 0 spiro atoms. The lowest BCUT2D eigenvalue weighted by molar-refractivity contribution is 1.16. The van der Waals surface area contributed by atoms with Crippen LogP contribution in [0.1, 0.15) is 0 Å². The van der Waals surface area contributed by atoms with Crippen LogP contribution in [0.5, 0.6) is 0 Å². The first-order valence-electron chi connectivity index (χ1n) is 21.8. The highest BCUT2D eigenvalue weighted by Crippen LogP contribution is 2.41. The Labute approximate surface area is 368 Å². The van der Waals surface area contributed by atoms with Crippen molar-refractivity contribution in [1.29, 1.82) is 0 Å². The van der Waals surface area contributed by atoms with Gasteiger partial charge in [-0.1, -0.05) is 224 Å². The van der Waals surface area contributed by atoms with Crippen LogP contribution in [0.4, 0.5) is 0 Å². The molecule has 12 aromatic rings. The maximum Gasteiger partial charge on any atom is 0.181 e. The molecule has 2 aromatic heterocycles. The van der Waals surface area contributed by atoms with E-state index in [1.165, 1.54) is 86.6 Å². The van der Waals surface area contributed by atoms with Crippen molar-refractivity contribution >= 4 is 72.4 Å². The summed E-state index contributed by atoms with van der Waals surface area (Å²) in [6.45, 7) is 0. The van der Waals surface area contributed by atoms with E-state index >= 15 is 0 Å². The molecule has 0 unspecified atom stereocenters. The summed E-state index contributed by atoms with van der Waals surface area (Å²) in [4.78, 5) is 0. The molecule has 0 saturated heterocycles. The summed E-state index contributed by atoms with van der Waals surface area (Å²) in [5, 5.41) is 10.4. The Morgan fingerprint density at radius 3 is 1.43 bits per heavy atom. The molecule has 0 aliphatic carbocycles. The van der Waals surface area contributed by atoms with Crippen LogP contribution in [0.15, 0.2) is 255 Å².